The van der Waals surface area contributed by atoms with Crippen molar-refractivity contribution in [2.24, 2.45) is 5.73 Å². The molecule has 1 unspecified atom stereocenters. The third-order valence-corrected chi connectivity index (χ3v) is 3.27. The van der Waals surface area contributed by atoms with E-state index in [1.807, 2.05) is 0 Å². The Kier molecular flexibility index (Phi) is 12.4. The minimum Gasteiger partial charge on any atom is -0.394 e. The Morgan fingerprint density at radius 3 is 1.74 bits per heavy atom. The molecule has 1 aliphatic heterocycles. The largest absolute Gasteiger partial charge is 0.466 e. The number of aliphatic hydroxyl groups is 2. The van der Waals surface area contributed by atoms with Crippen LogP contribution in [0, 0.1) is 0 Å². The number of hydrogen-bond acceptors (Lipinski definition) is 11. The first kappa shape index (κ1) is 32.5. The first-order valence-corrected chi connectivity index (χ1v) is 12.8. The SMILES string of the molecule is Nc1ncnc2c1ncn2[C@@H]1O[C@H](CO)C(N)[C@H]1O.O=P(O)(O)O.O=P(O)(O)O.O=P(O)(O)O. The van der Waals surface area contributed by atoms with Gasteiger partial charge in [-0.05, 0) is 0 Å². The second kappa shape index (κ2) is 13.0. The number of aromatic nitrogens is 4. The van der Waals surface area contributed by atoms with Gasteiger partial charge in [-0.3, -0.25) is 4.57 Å². The van der Waals surface area contributed by atoms with Gasteiger partial charge in [0.2, 0.25) is 0 Å². The zero-order valence-corrected chi connectivity index (χ0v) is 19.2. The molecule has 34 heavy (non-hydrogen) atoms. The van der Waals surface area contributed by atoms with Crippen molar-refractivity contribution in [2.75, 3.05) is 12.3 Å². The average molecular weight is 560 g/mol. The number of nitrogens with two attached hydrogens (primary N) is 2. The fourth-order valence-corrected chi connectivity index (χ4v) is 2.21. The van der Waals surface area contributed by atoms with Gasteiger partial charge in [-0.1, -0.05) is 0 Å². The summed E-state index contributed by atoms with van der Waals surface area (Å²) in [4.78, 5) is 76.7. The Morgan fingerprint density at radius 2 is 1.35 bits per heavy atom. The number of hydrogen-bond donors (Lipinski definition) is 13. The zero-order chi connectivity index (χ0) is 27.1. The van der Waals surface area contributed by atoms with Gasteiger partial charge in [-0.15, -0.1) is 0 Å². The minimum atomic E-state index is -4.64. The number of nitrogen functional groups attached to an aromatic ring is 1. The molecule has 0 saturated carbocycles. The summed E-state index contributed by atoms with van der Waals surface area (Å²) in [7, 11) is -13.9. The number of fused-ring (bicyclic) bond motifs is 1. The molecule has 198 valence electrons. The monoisotopic (exact) mass is 560 g/mol. The van der Waals surface area contributed by atoms with Gasteiger partial charge >= 0.3 is 23.5 Å². The van der Waals surface area contributed by atoms with Crippen LogP contribution in [0.2, 0.25) is 0 Å². The van der Waals surface area contributed by atoms with E-state index in [0.29, 0.717) is 11.2 Å². The first-order valence-electron chi connectivity index (χ1n) is 8.11. The van der Waals surface area contributed by atoms with Crippen LogP contribution in [-0.4, -0.2) is 98.6 Å². The molecule has 21 nitrogen and oxygen atoms in total. The molecule has 1 fully saturated rings. The molecule has 15 N–H and O–H groups in total. The van der Waals surface area contributed by atoms with E-state index in [2.05, 4.69) is 15.0 Å². The van der Waals surface area contributed by atoms with E-state index in [1.54, 1.807) is 0 Å². The Hall–Kier alpha value is -1.48. The molecule has 0 aromatic carbocycles. The van der Waals surface area contributed by atoms with Crippen molar-refractivity contribution in [2.45, 2.75) is 24.5 Å². The van der Waals surface area contributed by atoms with Crippen molar-refractivity contribution in [1.82, 2.24) is 19.5 Å². The maximum Gasteiger partial charge on any atom is 0.466 e. The third kappa shape index (κ3) is 14.0. The van der Waals surface area contributed by atoms with E-state index in [4.69, 9.17) is 79.0 Å². The van der Waals surface area contributed by atoms with Crippen LogP contribution in [0.1, 0.15) is 6.23 Å². The lowest BCUT2D eigenvalue weighted by Crippen LogP contribution is -2.41. The number of ether oxygens (including phenoxy) is 1. The Bertz CT molecular complexity index is 978. The lowest BCUT2D eigenvalue weighted by molar-refractivity contribution is -0.0488. The summed E-state index contributed by atoms with van der Waals surface area (Å²) >= 11 is 0. The third-order valence-electron chi connectivity index (χ3n) is 3.27. The molecule has 1 aliphatic rings. The van der Waals surface area contributed by atoms with Gasteiger partial charge in [0.25, 0.3) is 0 Å². The molecule has 0 aliphatic carbocycles. The highest BCUT2D eigenvalue weighted by atomic mass is 31.2. The summed E-state index contributed by atoms with van der Waals surface area (Å²) in [5.41, 5.74) is 12.3. The Labute approximate surface area is 188 Å². The van der Waals surface area contributed by atoms with E-state index in [-0.39, 0.29) is 12.4 Å². The number of rotatable bonds is 2. The van der Waals surface area contributed by atoms with Crippen LogP contribution in [0.15, 0.2) is 12.7 Å². The molecular weight excluding hydrogens is 537 g/mol. The number of nitrogens with zero attached hydrogens (tertiary/aromatic N) is 4. The van der Waals surface area contributed by atoms with Crippen LogP contribution in [0.4, 0.5) is 5.82 Å². The second-order valence-electron chi connectivity index (χ2n) is 5.94. The molecule has 0 amide bonds. The summed E-state index contributed by atoms with van der Waals surface area (Å²) in [6, 6.07) is -0.674. The van der Waals surface area contributed by atoms with Gasteiger partial charge in [0.1, 0.15) is 24.1 Å². The lowest BCUT2D eigenvalue weighted by atomic mass is 10.1. The maximum absolute atomic E-state index is 10.1. The molecule has 3 heterocycles. The predicted octanol–water partition coefficient (Wildman–Crippen LogP) is -4.80. The van der Waals surface area contributed by atoms with E-state index < -0.39 is 47.9 Å². The molecule has 2 aromatic heterocycles. The number of aliphatic hydroxyl groups excluding tert-OH is 2. The molecule has 0 bridgehead atoms. The van der Waals surface area contributed by atoms with E-state index in [0.717, 1.165) is 0 Å². The summed E-state index contributed by atoms with van der Waals surface area (Å²) < 4.78 is 33.7. The second-order valence-corrected chi connectivity index (χ2v) is 9.02. The average Bonchev–Trinajstić information content (AvgIpc) is 3.13. The quantitative estimate of drug-likeness (QED) is 0.153. The Morgan fingerprint density at radius 1 is 0.912 bits per heavy atom. The summed E-state index contributed by atoms with van der Waals surface area (Å²) in [6.45, 7) is -0.265. The highest BCUT2D eigenvalue weighted by molar-refractivity contribution is 7.45. The molecule has 4 atom stereocenters. The number of phosphoric acid groups is 3. The van der Waals surface area contributed by atoms with Gasteiger partial charge in [-0.2, -0.15) is 0 Å². The van der Waals surface area contributed by atoms with Crippen molar-refractivity contribution < 1.29 is 72.7 Å². The molecule has 0 spiro atoms. The van der Waals surface area contributed by atoms with Gasteiger partial charge in [0.15, 0.2) is 17.7 Å². The van der Waals surface area contributed by atoms with Gasteiger partial charge in [-0.25, -0.2) is 28.6 Å². The van der Waals surface area contributed by atoms with Crippen LogP contribution >= 0.6 is 23.5 Å². The van der Waals surface area contributed by atoms with E-state index in [9.17, 15) is 5.11 Å². The molecule has 2 aromatic rings. The van der Waals surface area contributed by atoms with Crippen LogP contribution < -0.4 is 11.5 Å². The normalized spacial score (nSPS) is 22.6. The van der Waals surface area contributed by atoms with Crippen molar-refractivity contribution in [1.29, 1.82) is 0 Å². The van der Waals surface area contributed by atoms with Gasteiger partial charge in [0.05, 0.1) is 19.0 Å². The van der Waals surface area contributed by atoms with Crippen molar-refractivity contribution in [3.05, 3.63) is 12.7 Å². The Balaban J connectivity index is 0.000000599. The van der Waals surface area contributed by atoms with Crippen molar-refractivity contribution in [3.8, 4) is 0 Å². The molecule has 0 radical (unpaired) electrons. The van der Waals surface area contributed by atoms with E-state index in [1.165, 1.54) is 17.2 Å². The zero-order valence-electron chi connectivity index (χ0n) is 16.5. The summed E-state index contributed by atoms with van der Waals surface area (Å²) in [5, 5.41) is 19.2. The van der Waals surface area contributed by atoms with Crippen LogP contribution in [-0.2, 0) is 18.4 Å². The highest BCUT2D eigenvalue weighted by Gasteiger charge is 2.42. The van der Waals surface area contributed by atoms with Crippen molar-refractivity contribution in [3.63, 3.8) is 0 Å². The molecule has 1 saturated heterocycles. The lowest BCUT2D eigenvalue weighted by Gasteiger charge is -2.16. The summed E-state index contributed by atoms with van der Waals surface area (Å²) in [5.74, 6) is 0.249. The maximum atomic E-state index is 10.1. The van der Waals surface area contributed by atoms with E-state index >= 15 is 0 Å². The minimum absolute atomic E-state index is 0.249. The topological polar surface area (TPSA) is 379 Å². The standard InChI is InChI=1S/C10H14N6O3.3H3O4P/c11-5-4(1-17)19-10(7(5)18)16-3-15-6-8(12)13-2-14-9(6)16;3*1-5(2,3)4/h2-5,7,10,17-18H,1,11H2,(H2,12,13,14);3*(H3,1,2,3,4)/t4-,5?,7-,10-;;;/m1.../s1. The highest BCUT2D eigenvalue weighted by Crippen LogP contribution is 2.31. The van der Waals surface area contributed by atoms with Crippen LogP contribution in [0.25, 0.3) is 11.2 Å². The molecular formula is C10H23N6O15P3. The smallest absolute Gasteiger partial charge is 0.394 e. The molecule has 3 rings (SSSR count). The number of imidazole rings is 1. The number of anilines is 1. The van der Waals surface area contributed by atoms with Gasteiger partial charge in [0, 0.05) is 0 Å². The van der Waals surface area contributed by atoms with Crippen LogP contribution in [0.5, 0.6) is 0 Å². The summed E-state index contributed by atoms with van der Waals surface area (Å²) in [6.07, 6.45) is 0.408. The van der Waals surface area contributed by atoms with Crippen molar-refractivity contribution >= 4 is 40.4 Å². The molecule has 24 heteroatoms. The first-order chi connectivity index (χ1) is 15.1. The van der Waals surface area contributed by atoms with Crippen LogP contribution in [0.3, 0.4) is 0 Å². The predicted molar refractivity (Wildman–Crippen MR) is 108 cm³/mol. The fraction of sp³-hybridized carbons (Fsp3) is 0.500. The van der Waals surface area contributed by atoms with Gasteiger partial charge < -0.3 is 70.5 Å². The fourth-order valence-electron chi connectivity index (χ4n) is 2.21.